The lowest BCUT2D eigenvalue weighted by Gasteiger charge is -2.31. The third kappa shape index (κ3) is 5.53. The van der Waals surface area contributed by atoms with E-state index in [2.05, 4.69) is 10.6 Å². The third-order valence-electron chi connectivity index (χ3n) is 4.28. The average Bonchev–Trinajstić information content (AvgIpc) is 2.56. The van der Waals surface area contributed by atoms with E-state index in [4.69, 9.17) is 0 Å². The molecule has 0 aromatic heterocycles. The third-order valence-corrected chi connectivity index (χ3v) is 6.09. The predicted octanol–water partition coefficient (Wildman–Crippen LogP) is 2.31. The molecular formula is C17H26N2O3S. The lowest BCUT2D eigenvalue weighted by atomic mass is 9.95. The summed E-state index contributed by atoms with van der Waals surface area (Å²) in [6.07, 6.45) is 4.72. The zero-order valence-electron chi connectivity index (χ0n) is 13.6. The minimum Gasteiger partial charge on any atom is -0.508 e. The second-order valence-corrected chi connectivity index (χ2v) is 7.86. The molecule has 3 N–H and O–H groups in total. The molecule has 1 aromatic rings. The van der Waals surface area contributed by atoms with E-state index in [-0.39, 0.29) is 23.1 Å². The van der Waals surface area contributed by atoms with Crippen LogP contribution in [-0.2, 0) is 17.2 Å². The van der Waals surface area contributed by atoms with Crippen LogP contribution < -0.4 is 10.6 Å². The van der Waals surface area contributed by atoms with Crippen LogP contribution >= 0.6 is 0 Å². The second-order valence-electron chi connectivity index (χ2n) is 5.92. The van der Waals surface area contributed by atoms with Crippen LogP contribution in [0.4, 0.5) is 4.79 Å². The molecule has 0 saturated heterocycles. The Morgan fingerprint density at radius 1 is 1.26 bits per heavy atom. The summed E-state index contributed by atoms with van der Waals surface area (Å²) in [7, 11) is -0.864. The van der Waals surface area contributed by atoms with Crippen molar-refractivity contribution in [1.82, 2.24) is 10.6 Å². The quantitative estimate of drug-likeness (QED) is 0.745. The molecular weight excluding hydrogens is 312 g/mol. The van der Waals surface area contributed by atoms with Crippen LogP contribution in [0.1, 0.15) is 38.2 Å². The Kier molecular flexibility index (Phi) is 6.89. The Bertz CT molecular complexity index is 533. The van der Waals surface area contributed by atoms with Crippen molar-refractivity contribution in [2.45, 2.75) is 50.3 Å². The summed E-state index contributed by atoms with van der Waals surface area (Å²) in [5, 5.41) is 15.2. The Hall–Kier alpha value is -1.56. The smallest absolute Gasteiger partial charge is 0.315 e. The molecule has 2 amide bonds. The van der Waals surface area contributed by atoms with E-state index in [9.17, 15) is 14.1 Å². The van der Waals surface area contributed by atoms with Gasteiger partial charge in [-0.15, -0.1) is 0 Å². The molecule has 1 saturated carbocycles. The van der Waals surface area contributed by atoms with Crippen molar-refractivity contribution in [2.75, 3.05) is 12.3 Å². The Morgan fingerprint density at radius 2 is 1.96 bits per heavy atom. The van der Waals surface area contributed by atoms with Crippen molar-refractivity contribution in [3.05, 3.63) is 29.8 Å². The highest BCUT2D eigenvalue weighted by atomic mass is 32.2. The minimum atomic E-state index is -0.864. The molecule has 0 unspecified atom stereocenters. The van der Waals surface area contributed by atoms with E-state index in [0.717, 1.165) is 31.2 Å². The molecule has 1 aliphatic rings. The number of rotatable bonds is 6. The number of amides is 2. The zero-order valence-corrected chi connectivity index (χ0v) is 14.4. The highest BCUT2D eigenvalue weighted by Crippen LogP contribution is 2.23. The van der Waals surface area contributed by atoms with E-state index in [1.807, 2.05) is 19.1 Å². The number of hydrogen-bond donors (Lipinski definition) is 3. The number of hydrogen-bond acceptors (Lipinski definition) is 3. The fourth-order valence-electron chi connectivity index (χ4n) is 2.99. The molecule has 0 heterocycles. The molecule has 5 nitrogen and oxygen atoms in total. The second kappa shape index (κ2) is 8.91. The summed E-state index contributed by atoms with van der Waals surface area (Å²) in [6, 6.07) is 6.80. The van der Waals surface area contributed by atoms with Crippen LogP contribution in [0.2, 0.25) is 0 Å². The van der Waals surface area contributed by atoms with Crippen LogP contribution in [0, 0.1) is 0 Å². The van der Waals surface area contributed by atoms with E-state index in [0.29, 0.717) is 18.7 Å². The van der Waals surface area contributed by atoms with Gasteiger partial charge in [0.25, 0.3) is 0 Å². The molecule has 0 spiro atoms. The van der Waals surface area contributed by atoms with Crippen molar-refractivity contribution >= 4 is 16.8 Å². The largest absolute Gasteiger partial charge is 0.508 e. The molecule has 2 rings (SSSR count). The average molecular weight is 338 g/mol. The fourth-order valence-corrected chi connectivity index (χ4v) is 4.42. The lowest BCUT2D eigenvalue weighted by Crippen LogP contribution is -2.50. The van der Waals surface area contributed by atoms with Crippen molar-refractivity contribution in [3.8, 4) is 5.75 Å². The number of aromatic hydroxyl groups is 1. The topological polar surface area (TPSA) is 78.4 Å². The number of carbonyl (C=O) groups is 1. The van der Waals surface area contributed by atoms with Crippen LogP contribution in [0.15, 0.2) is 24.3 Å². The number of phenols is 1. The lowest BCUT2D eigenvalue weighted by molar-refractivity contribution is 0.233. The van der Waals surface area contributed by atoms with Gasteiger partial charge in [0.2, 0.25) is 0 Å². The molecule has 0 bridgehead atoms. The van der Waals surface area contributed by atoms with Crippen LogP contribution in [0.5, 0.6) is 5.75 Å². The van der Waals surface area contributed by atoms with Crippen molar-refractivity contribution in [3.63, 3.8) is 0 Å². The van der Waals surface area contributed by atoms with E-state index < -0.39 is 10.8 Å². The Balaban J connectivity index is 1.76. The molecule has 0 radical (unpaired) electrons. The SMILES string of the molecule is CC[S@](=O)[C@@H]1CCCC[C@H]1NC(=O)NCCc1ccc(O)cc1. The Labute approximate surface area is 140 Å². The minimum absolute atomic E-state index is 0.0122. The highest BCUT2D eigenvalue weighted by molar-refractivity contribution is 7.85. The maximum absolute atomic E-state index is 12.1. The van der Waals surface area contributed by atoms with Gasteiger partial charge in [-0.25, -0.2) is 4.79 Å². The number of carbonyl (C=O) groups excluding carboxylic acids is 1. The molecule has 128 valence electrons. The van der Waals surface area contributed by atoms with Gasteiger partial charge in [0.15, 0.2) is 0 Å². The number of benzene rings is 1. The molecule has 23 heavy (non-hydrogen) atoms. The summed E-state index contributed by atoms with van der Waals surface area (Å²) in [5.74, 6) is 0.886. The first-order valence-corrected chi connectivity index (χ1v) is 9.67. The monoisotopic (exact) mass is 338 g/mol. The first-order valence-electron chi connectivity index (χ1n) is 8.29. The molecule has 6 heteroatoms. The molecule has 1 fully saturated rings. The van der Waals surface area contributed by atoms with Gasteiger partial charge in [-0.2, -0.15) is 0 Å². The summed E-state index contributed by atoms with van der Waals surface area (Å²) in [5.41, 5.74) is 1.06. The standard InChI is InChI=1S/C17H26N2O3S/c1-2-23(22)16-6-4-3-5-15(16)19-17(21)18-12-11-13-7-9-14(20)10-8-13/h7-10,15-16,20H,2-6,11-12H2,1H3,(H2,18,19,21)/t15-,16-,23+/m1/s1. The van der Waals surface area contributed by atoms with Gasteiger partial charge in [-0.3, -0.25) is 4.21 Å². The van der Waals surface area contributed by atoms with Gasteiger partial charge in [0.1, 0.15) is 5.75 Å². The summed E-state index contributed by atoms with van der Waals surface area (Å²) in [4.78, 5) is 12.1. The first-order chi connectivity index (χ1) is 11.1. The van der Waals surface area contributed by atoms with Crippen LogP contribution in [-0.4, -0.2) is 38.9 Å². The molecule has 0 aliphatic heterocycles. The van der Waals surface area contributed by atoms with Gasteiger partial charge in [0, 0.05) is 29.1 Å². The summed E-state index contributed by atoms with van der Waals surface area (Å²) < 4.78 is 12.1. The maximum Gasteiger partial charge on any atom is 0.315 e. The molecule has 1 aromatic carbocycles. The van der Waals surface area contributed by atoms with Crippen LogP contribution in [0.25, 0.3) is 0 Å². The van der Waals surface area contributed by atoms with Gasteiger partial charge in [0.05, 0.1) is 5.25 Å². The van der Waals surface area contributed by atoms with Gasteiger partial charge in [-0.1, -0.05) is 31.9 Å². The Morgan fingerprint density at radius 3 is 2.65 bits per heavy atom. The van der Waals surface area contributed by atoms with Crippen molar-refractivity contribution in [1.29, 1.82) is 0 Å². The van der Waals surface area contributed by atoms with Gasteiger partial charge in [-0.05, 0) is 37.0 Å². The summed E-state index contributed by atoms with van der Waals surface area (Å²) in [6.45, 7) is 2.46. The van der Waals surface area contributed by atoms with Gasteiger partial charge >= 0.3 is 6.03 Å². The first kappa shape index (κ1) is 17.8. The highest BCUT2D eigenvalue weighted by Gasteiger charge is 2.30. The number of phenolic OH excluding ortho intramolecular Hbond substituents is 1. The summed E-state index contributed by atoms with van der Waals surface area (Å²) >= 11 is 0. The zero-order chi connectivity index (χ0) is 16.7. The number of nitrogens with one attached hydrogen (secondary N) is 2. The van der Waals surface area contributed by atoms with E-state index in [1.54, 1.807) is 12.1 Å². The molecule has 3 atom stereocenters. The predicted molar refractivity (Wildman–Crippen MR) is 93.1 cm³/mol. The van der Waals surface area contributed by atoms with Crippen molar-refractivity contribution < 1.29 is 14.1 Å². The van der Waals surface area contributed by atoms with E-state index in [1.165, 1.54) is 0 Å². The van der Waals surface area contributed by atoms with Crippen molar-refractivity contribution in [2.24, 2.45) is 0 Å². The maximum atomic E-state index is 12.1. The molecule has 1 aliphatic carbocycles. The van der Waals surface area contributed by atoms with E-state index >= 15 is 0 Å². The van der Waals surface area contributed by atoms with Crippen LogP contribution in [0.3, 0.4) is 0 Å². The normalized spacial score (nSPS) is 22.3. The number of urea groups is 1. The fraction of sp³-hybridized carbons (Fsp3) is 0.588. The van der Waals surface area contributed by atoms with Gasteiger partial charge < -0.3 is 15.7 Å².